The van der Waals surface area contributed by atoms with E-state index in [9.17, 15) is 57.1 Å². The fourth-order valence-electron chi connectivity index (χ4n) is 8.60. The van der Waals surface area contributed by atoms with Crippen molar-refractivity contribution >= 4 is 21.8 Å². The van der Waals surface area contributed by atoms with E-state index < -0.39 is 63.9 Å². The van der Waals surface area contributed by atoms with Crippen molar-refractivity contribution < 1.29 is 57.1 Å². The third kappa shape index (κ3) is 9.24. The van der Waals surface area contributed by atoms with Crippen LogP contribution in [0.15, 0.2) is 176 Å². The molecule has 2 heterocycles. The van der Waals surface area contributed by atoms with Gasteiger partial charge in [-0.1, -0.05) is 91.0 Å². The number of rotatable bonds is 7. The molecule has 10 rings (SSSR count). The number of hydrogen-bond donors (Lipinski definition) is 0. The lowest BCUT2D eigenvalue weighted by atomic mass is 9.96. The van der Waals surface area contributed by atoms with Gasteiger partial charge < -0.3 is 4.57 Å². The average molecular weight is 993 g/mol. The molecule has 0 atom stereocenters. The number of benzene rings is 8. The zero-order valence-corrected chi connectivity index (χ0v) is 36.4. The third-order valence-corrected chi connectivity index (χ3v) is 11.9. The van der Waals surface area contributed by atoms with Crippen LogP contribution in [0.25, 0.3) is 95.0 Å². The van der Waals surface area contributed by atoms with Crippen LogP contribution in [-0.2, 0) is 24.7 Å². The minimum absolute atomic E-state index is 0.0202. The zero-order chi connectivity index (χ0) is 50.9. The normalized spacial score (nSPS) is 12.5. The summed E-state index contributed by atoms with van der Waals surface area (Å²) in [4.78, 5) is 14.6. The Morgan fingerprint density at radius 2 is 0.722 bits per heavy atom. The van der Waals surface area contributed by atoms with Crippen LogP contribution in [0.1, 0.15) is 22.3 Å². The minimum atomic E-state index is -5.19. The number of fused-ring (bicyclic) bond motifs is 3. The van der Waals surface area contributed by atoms with Crippen molar-refractivity contribution in [3.05, 3.63) is 204 Å². The molecule has 17 heteroatoms. The van der Waals surface area contributed by atoms with Gasteiger partial charge in [-0.15, -0.1) is 0 Å². The Hall–Kier alpha value is -8.34. The van der Waals surface area contributed by atoms with Gasteiger partial charge in [-0.25, -0.2) is 19.3 Å². The predicted octanol–water partition coefficient (Wildman–Crippen LogP) is 17.2. The Labute approximate surface area is 399 Å². The molecule has 0 saturated carbocycles. The number of aromatic nitrogens is 4. The molecule has 0 amide bonds. The van der Waals surface area contributed by atoms with Gasteiger partial charge in [0.1, 0.15) is 5.82 Å². The maximum absolute atomic E-state index is 15.0. The fraction of sp³-hybridized carbons (Fsp3) is 0.0727. The van der Waals surface area contributed by atoms with Gasteiger partial charge in [0.25, 0.3) is 0 Å². The summed E-state index contributed by atoms with van der Waals surface area (Å²) in [6, 6.07) is 38.9. The Morgan fingerprint density at radius 3 is 1.14 bits per heavy atom. The highest BCUT2D eigenvalue weighted by Crippen LogP contribution is 2.44. The molecule has 0 bridgehead atoms. The standard InChI is InChI=1S/C55H29F13N4/c56-41-13-7-12-34(24-41)43-17-16-42(29-46(43)51-70-49(30-8-3-1-4-9-30)69-50(71-51)31-10-5-2-6-11-31)72-47-18-14-32(35-20-37(52(57,58)59)27-38(21-35)53(60,61)62)25-44(47)45-26-33(15-19-48(45)72)36-22-39(54(63,64)65)28-40(23-36)55(66,67)68/h1-29H. The van der Waals surface area contributed by atoms with Crippen molar-refractivity contribution in [1.82, 2.24) is 19.5 Å². The Bertz CT molecular complexity index is 3450. The molecule has 72 heavy (non-hydrogen) atoms. The first-order valence-corrected chi connectivity index (χ1v) is 21.5. The number of halogens is 13. The van der Waals surface area contributed by atoms with Gasteiger partial charge in [-0.3, -0.25) is 0 Å². The first-order chi connectivity index (χ1) is 34.1. The highest BCUT2D eigenvalue weighted by molar-refractivity contribution is 6.12. The van der Waals surface area contributed by atoms with Crippen LogP contribution in [0, 0.1) is 5.82 Å². The molecule has 0 aliphatic carbocycles. The molecule has 10 aromatic rings. The fourth-order valence-corrected chi connectivity index (χ4v) is 8.60. The van der Waals surface area contributed by atoms with Crippen molar-refractivity contribution in [2.45, 2.75) is 24.7 Å². The lowest BCUT2D eigenvalue weighted by Crippen LogP contribution is -2.11. The van der Waals surface area contributed by atoms with Gasteiger partial charge in [0.15, 0.2) is 17.5 Å². The lowest BCUT2D eigenvalue weighted by molar-refractivity contribution is -0.144. The first-order valence-electron chi connectivity index (χ1n) is 21.5. The summed E-state index contributed by atoms with van der Waals surface area (Å²) in [5.74, 6) is 0.120. The van der Waals surface area contributed by atoms with Gasteiger partial charge in [-0.05, 0) is 118 Å². The number of hydrogen-bond acceptors (Lipinski definition) is 3. The van der Waals surface area contributed by atoms with Crippen molar-refractivity contribution in [3.63, 3.8) is 0 Å². The van der Waals surface area contributed by atoms with Gasteiger partial charge in [0.2, 0.25) is 0 Å². The molecule has 0 radical (unpaired) electrons. The highest BCUT2D eigenvalue weighted by Gasteiger charge is 2.38. The molecular weight excluding hydrogens is 964 g/mol. The molecule has 8 aromatic carbocycles. The van der Waals surface area contributed by atoms with E-state index >= 15 is 0 Å². The Morgan fingerprint density at radius 1 is 0.306 bits per heavy atom. The molecule has 0 saturated heterocycles. The van der Waals surface area contributed by atoms with Crippen LogP contribution in [0.2, 0.25) is 0 Å². The molecule has 4 nitrogen and oxygen atoms in total. The van der Waals surface area contributed by atoms with Crippen LogP contribution in [0.5, 0.6) is 0 Å². The van der Waals surface area contributed by atoms with Crippen molar-refractivity contribution in [2.75, 3.05) is 0 Å². The lowest BCUT2D eigenvalue weighted by Gasteiger charge is -2.16. The minimum Gasteiger partial charge on any atom is -0.309 e. The van der Waals surface area contributed by atoms with Crippen LogP contribution in [0.3, 0.4) is 0 Å². The summed E-state index contributed by atoms with van der Waals surface area (Å²) in [6.07, 6.45) is -20.8. The summed E-state index contributed by atoms with van der Waals surface area (Å²) in [6.45, 7) is 0. The van der Waals surface area contributed by atoms with Gasteiger partial charge in [-0.2, -0.15) is 52.7 Å². The second kappa shape index (κ2) is 17.5. The van der Waals surface area contributed by atoms with Crippen LogP contribution >= 0.6 is 0 Å². The van der Waals surface area contributed by atoms with E-state index in [1.807, 2.05) is 12.1 Å². The summed E-state index contributed by atoms with van der Waals surface area (Å²) in [7, 11) is 0. The highest BCUT2D eigenvalue weighted by atomic mass is 19.4. The first kappa shape index (κ1) is 47.3. The van der Waals surface area contributed by atoms with Crippen molar-refractivity contribution in [1.29, 1.82) is 0 Å². The second-order valence-electron chi connectivity index (χ2n) is 16.7. The molecule has 0 aliphatic heterocycles. The number of nitrogens with zero attached hydrogens (tertiary/aromatic N) is 4. The molecule has 0 fully saturated rings. The van der Waals surface area contributed by atoms with E-state index in [1.165, 1.54) is 54.6 Å². The van der Waals surface area contributed by atoms with Crippen LogP contribution in [-0.4, -0.2) is 19.5 Å². The monoisotopic (exact) mass is 992 g/mol. The molecule has 360 valence electrons. The van der Waals surface area contributed by atoms with E-state index in [0.717, 1.165) is 0 Å². The van der Waals surface area contributed by atoms with Crippen molar-refractivity contribution in [2.24, 2.45) is 0 Å². The smallest absolute Gasteiger partial charge is 0.309 e. The SMILES string of the molecule is Fc1cccc(-c2ccc(-n3c4ccc(-c5cc(C(F)(F)F)cc(C(F)(F)F)c5)cc4c4cc(-c5cc(C(F)(F)F)cc(C(F)(F)F)c5)ccc43)cc2-c2nc(-c3ccccc3)nc(-c3ccccc3)n2)c1. The van der Waals surface area contributed by atoms with E-state index in [4.69, 9.17) is 15.0 Å². The maximum Gasteiger partial charge on any atom is 0.416 e. The van der Waals surface area contributed by atoms with Gasteiger partial charge >= 0.3 is 24.7 Å². The molecular formula is C55H29F13N4. The predicted molar refractivity (Wildman–Crippen MR) is 247 cm³/mol. The zero-order valence-electron chi connectivity index (χ0n) is 36.4. The molecule has 0 spiro atoms. The summed E-state index contributed by atoms with van der Waals surface area (Å²) < 4.78 is 186. The van der Waals surface area contributed by atoms with Crippen LogP contribution < -0.4 is 0 Å². The Kier molecular flexibility index (Phi) is 11.5. The summed E-state index contributed by atoms with van der Waals surface area (Å²) in [5.41, 5.74) is -4.24. The summed E-state index contributed by atoms with van der Waals surface area (Å²) >= 11 is 0. The third-order valence-electron chi connectivity index (χ3n) is 11.9. The van der Waals surface area contributed by atoms with Crippen LogP contribution in [0.4, 0.5) is 57.1 Å². The van der Waals surface area contributed by atoms with E-state index in [0.29, 0.717) is 57.8 Å². The molecule has 0 unspecified atom stereocenters. The molecule has 2 aromatic heterocycles. The van der Waals surface area contributed by atoms with Gasteiger partial charge in [0.05, 0.1) is 33.3 Å². The van der Waals surface area contributed by atoms with E-state index in [1.54, 1.807) is 77.4 Å². The maximum atomic E-state index is 15.0. The van der Waals surface area contributed by atoms with Crippen molar-refractivity contribution in [3.8, 4) is 73.2 Å². The molecule has 0 aliphatic rings. The summed E-state index contributed by atoms with van der Waals surface area (Å²) in [5, 5.41) is 0.291. The molecule has 0 N–H and O–H groups in total. The second-order valence-corrected chi connectivity index (χ2v) is 16.7. The Balaban J connectivity index is 1.26. The number of alkyl halides is 12. The van der Waals surface area contributed by atoms with E-state index in [-0.39, 0.29) is 62.5 Å². The topological polar surface area (TPSA) is 43.6 Å². The quantitative estimate of drug-likeness (QED) is 0.149. The van der Waals surface area contributed by atoms with E-state index in [2.05, 4.69) is 0 Å². The van der Waals surface area contributed by atoms with Gasteiger partial charge in [0, 0.05) is 33.2 Å². The largest absolute Gasteiger partial charge is 0.416 e. The average Bonchev–Trinajstić information content (AvgIpc) is 3.68.